The molecule has 186 valence electrons. The van der Waals surface area contributed by atoms with Gasteiger partial charge in [-0.15, -0.1) is 0 Å². The number of ether oxygens (including phenoxy) is 1. The minimum atomic E-state index is -0.291. The summed E-state index contributed by atoms with van der Waals surface area (Å²) in [7, 11) is 0. The molecule has 2 aromatic carbocycles. The van der Waals surface area contributed by atoms with Crippen molar-refractivity contribution in [1.29, 1.82) is 0 Å². The summed E-state index contributed by atoms with van der Waals surface area (Å²) in [5.74, 6) is -0.411. The summed E-state index contributed by atoms with van der Waals surface area (Å²) in [4.78, 5) is 46.4. The zero-order chi connectivity index (χ0) is 25.5. The Labute approximate surface area is 208 Å². The number of benzene rings is 2. The van der Waals surface area contributed by atoms with Crippen LogP contribution < -0.4 is 16.6 Å². The molecule has 1 atom stereocenters. The van der Waals surface area contributed by atoms with Crippen molar-refractivity contribution >= 4 is 28.9 Å². The number of rotatable bonds is 10. The lowest BCUT2D eigenvalue weighted by atomic mass is 10.0. The fraction of sp³-hybridized carbons (Fsp3) is 0.259. The molecule has 36 heavy (non-hydrogen) atoms. The summed E-state index contributed by atoms with van der Waals surface area (Å²) < 4.78 is 5.28. The highest BCUT2D eigenvalue weighted by molar-refractivity contribution is 5.94. The molecule has 2 heterocycles. The van der Waals surface area contributed by atoms with Gasteiger partial charge in [-0.2, -0.15) is 4.98 Å². The largest absolute Gasteiger partial charge is 0.461 e. The molecule has 0 saturated carbocycles. The number of H-pyrrole nitrogens is 2. The maximum atomic E-state index is 12.6. The number of nitrogen functional groups attached to an aromatic ring is 1. The SMILES string of the molecule is CC(CCC(=O)OCc1ccccc1)NC(=O)c1ccc(CCc2c[nH]c3nc(N)[nH]c(=O)c23)cc1. The van der Waals surface area contributed by atoms with Gasteiger partial charge in [-0.3, -0.25) is 19.4 Å². The molecule has 0 aliphatic heterocycles. The molecule has 1 unspecified atom stereocenters. The highest BCUT2D eigenvalue weighted by Crippen LogP contribution is 2.16. The molecule has 5 N–H and O–H groups in total. The second-order valence-corrected chi connectivity index (χ2v) is 8.75. The van der Waals surface area contributed by atoms with Gasteiger partial charge < -0.3 is 20.8 Å². The van der Waals surface area contributed by atoms with Crippen LogP contribution in [-0.2, 0) is 29.0 Å². The van der Waals surface area contributed by atoms with Gasteiger partial charge in [0.2, 0.25) is 5.95 Å². The third-order valence-electron chi connectivity index (χ3n) is 5.94. The van der Waals surface area contributed by atoms with Gasteiger partial charge in [-0.05, 0) is 55.0 Å². The Morgan fingerprint density at radius 1 is 1.06 bits per heavy atom. The smallest absolute Gasteiger partial charge is 0.306 e. The van der Waals surface area contributed by atoms with Gasteiger partial charge >= 0.3 is 5.97 Å². The molecule has 1 amide bonds. The van der Waals surface area contributed by atoms with E-state index in [4.69, 9.17) is 10.5 Å². The van der Waals surface area contributed by atoms with Crippen LogP contribution in [0.3, 0.4) is 0 Å². The Hall–Kier alpha value is -4.40. The quantitative estimate of drug-likeness (QED) is 0.253. The first-order valence-corrected chi connectivity index (χ1v) is 11.8. The molecule has 0 aliphatic carbocycles. The van der Waals surface area contributed by atoms with Gasteiger partial charge in [0.05, 0.1) is 5.39 Å². The number of nitrogens with one attached hydrogen (secondary N) is 3. The second-order valence-electron chi connectivity index (χ2n) is 8.75. The van der Waals surface area contributed by atoms with Crippen LogP contribution in [0, 0.1) is 0 Å². The number of hydrogen-bond donors (Lipinski definition) is 4. The number of aryl methyl sites for hydroxylation is 2. The molecule has 4 rings (SSSR count). The highest BCUT2D eigenvalue weighted by Gasteiger charge is 2.13. The monoisotopic (exact) mass is 487 g/mol. The van der Waals surface area contributed by atoms with Gasteiger partial charge in [0, 0.05) is 24.2 Å². The topological polar surface area (TPSA) is 143 Å². The number of aromatic amines is 2. The number of esters is 1. The molecule has 0 aliphatic rings. The number of nitrogens with two attached hydrogens (primary N) is 1. The average molecular weight is 488 g/mol. The third-order valence-corrected chi connectivity index (χ3v) is 5.94. The lowest BCUT2D eigenvalue weighted by molar-refractivity contribution is -0.145. The maximum absolute atomic E-state index is 12.6. The van der Waals surface area contributed by atoms with E-state index in [1.54, 1.807) is 18.3 Å². The fourth-order valence-corrected chi connectivity index (χ4v) is 3.94. The predicted octanol–water partition coefficient (Wildman–Crippen LogP) is 3.26. The summed E-state index contributed by atoms with van der Waals surface area (Å²) in [5, 5.41) is 3.44. The first-order chi connectivity index (χ1) is 17.4. The van der Waals surface area contributed by atoms with Crippen LogP contribution in [0.2, 0.25) is 0 Å². The van der Waals surface area contributed by atoms with Crippen LogP contribution in [-0.4, -0.2) is 32.9 Å². The van der Waals surface area contributed by atoms with Crippen molar-refractivity contribution in [3.05, 3.63) is 93.4 Å². The van der Waals surface area contributed by atoms with Crippen LogP contribution in [0.1, 0.15) is 46.8 Å². The highest BCUT2D eigenvalue weighted by atomic mass is 16.5. The van der Waals surface area contributed by atoms with Gasteiger partial charge in [0.15, 0.2) is 0 Å². The number of nitrogens with zero attached hydrogens (tertiary/aromatic N) is 1. The molecule has 0 saturated heterocycles. The van der Waals surface area contributed by atoms with Gasteiger partial charge in [0.25, 0.3) is 11.5 Å². The molecule has 0 bridgehead atoms. The van der Waals surface area contributed by atoms with Crippen molar-refractivity contribution in [2.75, 3.05) is 5.73 Å². The lowest BCUT2D eigenvalue weighted by Gasteiger charge is -2.14. The number of fused-ring (bicyclic) bond motifs is 1. The van der Waals surface area contributed by atoms with E-state index in [1.807, 2.05) is 49.4 Å². The standard InChI is InChI=1S/C27H29N5O4/c1-17(7-14-22(33)36-16-19-5-3-2-4-6-19)30-25(34)20-11-8-18(9-12-20)10-13-21-15-29-24-23(21)26(35)32-27(28)31-24/h2-6,8-9,11-12,15,17H,7,10,13-14,16H2,1H3,(H,30,34)(H4,28,29,31,32,35). The van der Waals surface area contributed by atoms with E-state index >= 15 is 0 Å². The fourth-order valence-electron chi connectivity index (χ4n) is 3.94. The molecule has 4 aromatic rings. The Morgan fingerprint density at radius 3 is 2.56 bits per heavy atom. The summed E-state index contributed by atoms with van der Waals surface area (Å²) in [6.45, 7) is 2.11. The molecular weight excluding hydrogens is 458 g/mol. The Bertz CT molecular complexity index is 1390. The molecule has 9 heteroatoms. The molecule has 0 spiro atoms. The van der Waals surface area contributed by atoms with Gasteiger partial charge in [-0.1, -0.05) is 42.5 Å². The number of carbonyl (C=O) groups is 2. The first kappa shape index (κ1) is 24.7. The van der Waals surface area contributed by atoms with E-state index < -0.39 is 0 Å². The van der Waals surface area contributed by atoms with Crippen LogP contribution in [0.25, 0.3) is 11.0 Å². The summed E-state index contributed by atoms with van der Waals surface area (Å²) in [5.41, 5.74) is 9.17. The normalized spacial score (nSPS) is 11.8. The predicted molar refractivity (Wildman–Crippen MR) is 137 cm³/mol. The van der Waals surface area contributed by atoms with E-state index in [0.717, 1.165) is 16.7 Å². The van der Waals surface area contributed by atoms with Crippen molar-refractivity contribution in [3.63, 3.8) is 0 Å². The minimum Gasteiger partial charge on any atom is -0.461 e. The van der Waals surface area contributed by atoms with Crippen molar-refractivity contribution in [2.24, 2.45) is 0 Å². The molecular formula is C27H29N5O4. The zero-order valence-corrected chi connectivity index (χ0v) is 20.0. The van der Waals surface area contributed by atoms with E-state index in [0.29, 0.717) is 35.9 Å². The van der Waals surface area contributed by atoms with Crippen molar-refractivity contribution in [3.8, 4) is 0 Å². The Kier molecular flexibility index (Phi) is 7.79. The number of hydrogen-bond acceptors (Lipinski definition) is 6. The summed E-state index contributed by atoms with van der Waals surface area (Å²) in [6.07, 6.45) is 3.82. The molecule has 9 nitrogen and oxygen atoms in total. The van der Waals surface area contributed by atoms with Crippen LogP contribution in [0.15, 0.2) is 65.6 Å². The van der Waals surface area contributed by atoms with Crippen molar-refractivity contribution in [2.45, 2.75) is 45.3 Å². The number of aromatic nitrogens is 3. The van der Waals surface area contributed by atoms with Gasteiger partial charge in [-0.25, -0.2) is 0 Å². The van der Waals surface area contributed by atoms with Gasteiger partial charge in [0.1, 0.15) is 12.3 Å². The van der Waals surface area contributed by atoms with Crippen LogP contribution in [0.5, 0.6) is 0 Å². The van der Waals surface area contributed by atoms with E-state index in [-0.39, 0.29) is 42.5 Å². The number of amides is 1. The number of anilines is 1. The number of carbonyl (C=O) groups excluding carboxylic acids is 2. The lowest BCUT2D eigenvalue weighted by Crippen LogP contribution is -2.33. The van der Waals surface area contributed by atoms with Crippen molar-refractivity contribution < 1.29 is 14.3 Å². The Balaban J connectivity index is 1.23. The molecule has 2 aromatic heterocycles. The van der Waals surface area contributed by atoms with Crippen molar-refractivity contribution in [1.82, 2.24) is 20.3 Å². The van der Waals surface area contributed by atoms with E-state index in [2.05, 4.69) is 20.3 Å². The average Bonchev–Trinajstić information content (AvgIpc) is 3.29. The minimum absolute atomic E-state index is 0.0760. The van der Waals surface area contributed by atoms with Crippen LogP contribution >= 0.6 is 0 Å². The third kappa shape index (κ3) is 6.38. The van der Waals surface area contributed by atoms with E-state index in [1.165, 1.54) is 0 Å². The van der Waals surface area contributed by atoms with Crippen LogP contribution in [0.4, 0.5) is 5.95 Å². The molecule has 0 radical (unpaired) electrons. The molecule has 0 fully saturated rings. The second kappa shape index (κ2) is 11.4. The Morgan fingerprint density at radius 2 is 1.81 bits per heavy atom. The maximum Gasteiger partial charge on any atom is 0.306 e. The van der Waals surface area contributed by atoms with E-state index in [9.17, 15) is 14.4 Å². The first-order valence-electron chi connectivity index (χ1n) is 11.8. The zero-order valence-electron chi connectivity index (χ0n) is 20.0. The summed E-state index contributed by atoms with van der Waals surface area (Å²) in [6, 6.07) is 16.7. The summed E-state index contributed by atoms with van der Waals surface area (Å²) >= 11 is 0.